The fourth-order valence-corrected chi connectivity index (χ4v) is 3.11. The molecule has 0 radical (unpaired) electrons. The number of anilines is 1. The molecular weight excluding hydrogens is 353 g/mol. The SMILES string of the molecule is O=C(Nc1nc(-c2cc(F)ccn2)cs1)c1cncn1-c1ccccc1. The van der Waals surface area contributed by atoms with Gasteiger partial charge in [0, 0.05) is 23.3 Å². The molecule has 26 heavy (non-hydrogen) atoms. The van der Waals surface area contributed by atoms with Crippen molar-refractivity contribution in [3.8, 4) is 17.1 Å². The average molecular weight is 365 g/mol. The fraction of sp³-hybridized carbons (Fsp3) is 0. The summed E-state index contributed by atoms with van der Waals surface area (Å²) in [5.74, 6) is -0.722. The Morgan fingerprint density at radius 2 is 2.00 bits per heavy atom. The van der Waals surface area contributed by atoms with Crippen LogP contribution in [-0.2, 0) is 0 Å². The second-order valence-corrected chi connectivity index (χ2v) is 6.19. The molecule has 0 spiro atoms. The van der Waals surface area contributed by atoms with E-state index in [0.717, 1.165) is 5.69 Å². The quantitative estimate of drug-likeness (QED) is 0.597. The van der Waals surface area contributed by atoms with E-state index in [1.165, 1.54) is 35.9 Å². The number of carbonyl (C=O) groups is 1. The number of benzene rings is 1. The molecular formula is C18H12FN5OS. The van der Waals surface area contributed by atoms with E-state index in [9.17, 15) is 9.18 Å². The van der Waals surface area contributed by atoms with Crippen LogP contribution in [0.1, 0.15) is 10.5 Å². The number of pyridine rings is 1. The third kappa shape index (κ3) is 3.22. The number of nitrogens with zero attached hydrogens (tertiary/aromatic N) is 4. The van der Waals surface area contributed by atoms with Crippen molar-refractivity contribution >= 4 is 22.4 Å². The summed E-state index contributed by atoms with van der Waals surface area (Å²) in [5, 5.41) is 4.86. The molecule has 3 heterocycles. The van der Waals surface area contributed by atoms with Gasteiger partial charge in [0.2, 0.25) is 0 Å². The summed E-state index contributed by atoms with van der Waals surface area (Å²) in [5.41, 5.74) is 2.13. The Morgan fingerprint density at radius 3 is 2.81 bits per heavy atom. The number of rotatable bonds is 4. The molecule has 4 rings (SSSR count). The molecule has 0 saturated carbocycles. The Morgan fingerprint density at radius 1 is 1.15 bits per heavy atom. The van der Waals surface area contributed by atoms with Crippen molar-refractivity contribution in [2.24, 2.45) is 0 Å². The van der Waals surface area contributed by atoms with Gasteiger partial charge in [-0.05, 0) is 18.2 Å². The van der Waals surface area contributed by atoms with Gasteiger partial charge in [0.15, 0.2) is 5.13 Å². The first-order chi connectivity index (χ1) is 12.7. The van der Waals surface area contributed by atoms with Crippen LogP contribution in [0.15, 0.2) is 66.6 Å². The number of halogens is 1. The summed E-state index contributed by atoms with van der Waals surface area (Å²) in [4.78, 5) is 25.0. The lowest BCUT2D eigenvalue weighted by molar-refractivity contribution is 0.102. The summed E-state index contributed by atoms with van der Waals surface area (Å²) in [6.07, 6.45) is 4.44. The number of aromatic nitrogens is 4. The molecule has 0 saturated heterocycles. The summed E-state index contributed by atoms with van der Waals surface area (Å²) in [7, 11) is 0. The molecule has 128 valence electrons. The first-order valence-corrected chi connectivity index (χ1v) is 8.55. The number of hydrogen-bond donors (Lipinski definition) is 1. The normalized spacial score (nSPS) is 10.7. The average Bonchev–Trinajstić information content (AvgIpc) is 3.32. The van der Waals surface area contributed by atoms with Crippen LogP contribution in [0.3, 0.4) is 0 Å². The van der Waals surface area contributed by atoms with Crippen molar-refractivity contribution in [1.29, 1.82) is 0 Å². The van der Waals surface area contributed by atoms with Gasteiger partial charge in [-0.2, -0.15) is 0 Å². The van der Waals surface area contributed by atoms with Gasteiger partial charge < -0.3 is 0 Å². The fourth-order valence-electron chi connectivity index (χ4n) is 2.41. The van der Waals surface area contributed by atoms with E-state index in [2.05, 4.69) is 20.3 Å². The molecule has 1 N–H and O–H groups in total. The number of imidazole rings is 1. The Kier molecular flexibility index (Phi) is 4.24. The third-order valence-corrected chi connectivity index (χ3v) is 4.37. The number of carbonyl (C=O) groups excluding carboxylic acids is 1. The molecule has 0 bridgehead atoms. The highest BCUT2D eigenvalue weighted by atomic mass is 32.1. The zero-order valence-corrected chi connectivity index (χ0v) is 14.2. The van der Waals surface area contributed by atoms with Gasteiger partial charge >= 0.3 is 0 Å². The van der Waals surface area contributed by atoms with Crippen LogP contribution in [0.4, 0.5) is 9.52 Å². The van der Waals surface area contributed by atoms with Gasteiger partial charge in [-0.3, -0.25) is 19.7 Å². The van der Waals surface area contributed by atoms with Gasteiger partial charge in [-0.15, -0.1) is 11.3 Å². The summed E-state index contributed by atoms with van der Waals surface area (Å²) in [6, 6.07) is 12.0. The van der Waals surface area contributed by atoms with Gasteiger partial charge in [-0.1, -0.05) is 18.2 Å². The zero-order valence-electron chi connectivity index (χ0n) is 13.3. The number of para-hydroxylation sites is 1. The second kappa shape index (κ2) is 6.85. The summed E-state index contributed by atoms with van der Waals surface area (Å²) < 4.78 is 15.0. The van der Waals surface area contributed by atoms with E-state index in [0.29, 0.717) is 22.2 Å². The van der Waals surface area contributed by atoms with E-state index < -0.39 is 0 Å². The van der Waals surface area contributed by atoms with Gasteiger partial charge in [-0.25, -0.2) is 14.4 Å². The molecule has 3 aromatic heterocycles. The van der Waals surface area contributed by atoms with Crippen LogP contribution in [-0.4, -0.2) is 25.4 Å². The van der Waals surface area contributed by atoms with Crippen LogP contribution in [0.25, 0.3) is 17.1 Å². The highest BCUT2D eigenvalue weighted by Crippen LogP contribution is 2.24. The van der Waals surface area contributed by atoms with Crippen molar-refractivity contribution in [3.63, 3.8) is 0 Å². The van der Waals surface area contributed by atoms with Crippen LogP contribution >= 0.6 is 11.3 Å². The van der Waals surface area contributed by atoms with Gasteiger partial charge in [0.25, 0.3) is 5.91 Å². The third-order valence-electron chi connectivity index (χ3n) is 3.61. The molecule has 0 fully saturated rings. The first-order valence-electron chi connectivity index (χ1n) is 7.67. The minimum atomic E-state index is -0.389. The van der Waals surface area contributed by atoms with Crippen molar-refractivity contribution in [2.75, 3.05) is 5.32 Å². The Hall–Kier alpha value is -3.39. The van der Waals surface area contributed by atoms with Crippen LogP contribution in [0, 0.1) is 5.82 Å². The van der Waals surface area contributed by atoms with Crippen LogP contribution in [0.2, 0.25) is 0 Å². The van der Waals surface area contributed by atoms with Crippen molar-refractivity contribution in [1.82, 2.24) is 19.5 Å². The molecule has 1 amide bonds. The maximum Gasteiger partial charge on any atom is 0.276 e. The Labute approximate surface area is 152 Å². The highest BCUT2D eigenvalue weighted by Gasteiger charge is 2.15. The minimum absolute atomic E-state index is 0.334. The van der Waals surface area contributed by atoms with Crippen molar-refractivity contribution < 1.29 is 9.18 Å². The predicted molar refractivity (Wildman–Crippen MR) is 96.8 cm³/mol. The predicted octanol–water partition coefficient (Wildman–Crippen LogP) is 3.78. The number of amides is 1. The second-order valence-electron chi connectivity index (χ2n) is 5.34. The molecule has 8 heteroatoms. The molecule has 0 atom stereocenters. The molecule has 0 aliphatic rings. The summed E-state index contributed by atoms with van der Waals surface area (Å²) >= 11 is 1.24. The van der Waals surface area contributed by atoms with E-state index in [-0.39, 0.29) is 11.7 Å². The Balaban J connectivity index is 1.56. The topological polar surface area (TPSA) is 72.7 Å². The van der Waals surface area contributed by atoms with Crippen LogP contribution < -0.4 is 5.32 Å². The minimum Gasteiger partial charge on any atom is -0.296 e. The van der Waals surface area contributed by atoms with E-state index in [1.807, 2.05) is 30.3 Å². The number of thiazole rings is 1. The van der Waals surface area contributed by atoms with Crippen molar-refractivity contribution in [3.05, 3.63) is 78.1 Å². The zero-order chi connectivity index (χ0) is 17.9. The van der Waals surface area contributed by atoms with E-state index >= 15 is 0 Å². The maximum absolute atomic E-state index is 13.3. The molecule has 0 unspecified atom stereocenters. The first kappa shape index (κ1) is 16.1. The molecule has 6 nitrogen and oxygen atoms in total. The van der Waals surface area contributed by atoms with E-state index in [1.54, 1.807) is 16.3 Å². The lowest BCUT2D eigenvalue weighted by Crippen LogP contribution is -2.15. The Bertz CT molecular complexity index is 1060. The largest absolute Gasteiger partial charge is 0.296 e. The van der Waals surface area contributed by atoms with E-state index in [4.69, 9.17) is 0 Å². The van der Waals surface area contributed by atoms with Gasteiger partial charge in [0.1, 0.15) is 17.2 Å². The molecule has 0 aliphatic carbocycles. The van der Waals surface area contributed by atoms with Crippen molar-refractivity contribution in [2.45, 2.75) is 0 Å². The number of hydrogen-bond acceptors (Lipinski definition) is 5. The monoisotopic (exact) mass is 365 g/mol. The lowest BCUT2D eigenvalue weighted by Gasteiger charge is -2.07. The summed E-state index contributed by atoms with van der Waals surface area (Å²) in [6.45, 7) is 0. The molecule has 0 aliphatic heterocycles. The van der Waals surface area contributed by atoms with Crippen LogP contribution in [0.5, 0.6) is 0 Å². The standard InChI is InChI=1S/C18H12FN5OS/c19-12-6-7-21-14(8-12)15-10-26-18(22-15)23-17(25)16-9-20-11-24(16)13-4-2-1-3-5-13/h1-11H,(H,22,23,25). The molecule has 4 aromatic rings. The molecule has 1 aromatic carbocycles. The smallest absolute Gasteiger partial charge is 0.276 e. The maximum atomic E-state index is 13.3. The number of nitrogens with one attached hydrogen (secondary N) is 1. The van der Waals surface area contributed by atoms with Gasteiger partial charge in [0.05, 0.1) is 18.2 Å². The lowest BCUT2D eigenvalue weighted by atomic mass is 10.3. The highest BCUT2D eigenvalue weighted by molar-refractivity contribution is 7.14.